The van der Waals surface area contributed by atoms with Crippen LogP contribution in [0.5, 0.6) is 5.75 Å². The van der Waals surface area contributed by atoms with Crippen molar-refractivity contribution in [3.63, 3.8) is 0 Å². The van der Waals surface area contributed by atoms with Crippen molar-refractivity contribution in [2.24, 2.45) is 0 Å². The van der Waals surface area contributed by atoms with Gasteiger partial charge in [0.05, 0.1) is 18.8 Å². The number of hydrogen-bond donors (Lipinski definition) is 0. The van der Waals surface area contributed by atoms with Crippen molar-refractivity contribution >= 4 is 5.91 Å². The maximum Gasteiger partial charge on any atom is 0.254 e. The third-order valence-electron chi connectivity index (χ3n) is 4.69. The molecule has 1 saturated heterocycles. The highest BCUT2D eigenvalue weighted by atomic mass is 16.5. The molecule has 1 amide bonds. The van der Waals surface area contributed by atoms with Crippen LogP contribution in [-0.4, -0.2) is 46.0 Å². The Bertz CT molecular complexity index is 745. The second-order valence-electron chi connectivity index (χ2n) is 6.45. The van der Waals surface area contributed by atoms with E-state index < -0.39 is 0 Å². The fourth-order valence-corrected chi connectivity index (χ4v) is 3.02. The first kappa shape index (κ1) is 14.2. The Balaban J connectivity index is 1.40. The maximum atomic E-state index is 12.5. The van der Waals surface area contributed by atoms with E-state index in [9.17, 15) is 4.79 Å². The zero-order valence-corrected chi connectivity index (χ0v) is 13.4. The normalized spacial score (nSPS) is 17.9. The van der Waals surface area contributed by atoms with Crippen molar-refractivity contribution in [3.8, 4) is 5.75 Å². The van der Waals surface area contributed by atoms with Crippen LogP contribution in [0.25, 0.3) is 0 Å². The molecule has 2 aromatic rings. The number of nitrogens with zero attached hydrogens (tertiary/aromatic N) is 4. The topological polar surface area (TPSA) is 60.2 Å². The molecule has 1 aliphatic carbocycles. The highest BCUT2D eigenvalue weighted by molar-refractivity contribution is 5.95. The van der Waals surface area contributed by atoms with Gasteiger partial charge in [0.15, 0.2) is 0 Å². The molecule has 0 radical (unpaired) electrons. The fraction of sp³-hybridized carbons (Fsp3) is 0.471. The summed E-state index contributed by atoms with van der Waals surface area (Å²) in [6, 6.07) is 5.80. The molecule has 2 aliphatic rings. The second kappa shape index (κ2) is 5.37. The van der Waals surface area contributed by atoms with Gasteiger partial charge in [0.2, 0.25) is 0 Å². The van der Waals surface area contributed by atoms with Crippen LogP contribution in [0.3, 0.4) is 0 Å². The van der Waals surface area contributed by atoms with E-state index in [1.165, 1.54) is 12.8 Å². The predicted octanol–water partition coefficient (Wildman–Crippen LogP) is 2.17. The Kier molecular flexibility index (Phi) is 3.32. The molecule has 1 aromatic carbocycles. The first-order valence-electron chi connectivity index (χ1n) is 8.01. The van der Waals surface area contributed by atoms with Gasteiger partial charge in [-0.15, -0.1) is 5.10 Å². The number of likely N-dealkylation sites (tertiary alicyclic amines) is 1. The molecule has 1 aromatic heterocycles. The average molecular weight is 312 g/mol. The van der Waals surface area contributed by atoms with Crippen molar-refractivity contribution in [2.75, 3.05) is 20.2 Å². The van der Waals surface area contributed by atoms with Crippen LogP contribution < -0.4 is 4.74 Å². The molecule has 6 nitrogen and oxygen atoms in total. The lowest BCUT2D eigenvalue weighted by Gasteiger charge is -2.38. The summed E-state index contributed by atoms with van der Waals surface area (Å²) in [5.41, 5.74) is 2.78. The lowest BCUT2D eigenvalue weighted by Crippen LogP contribution is -2.50. The molecule has 2 heterocycles. The average Bonchev–Trinajstić information content (AvgIpc) is 3.25. The molecule has 6 heteroatoms. The Morgan fingerprint density at radius 3 is 2.74 bits per heavy atom. The molecule has 4 rings (SSSR count). The molecule has 23 heavy (non-hydrogen) atoms. The molecule has 120 valence electrons. The molecule has 2 fully saturated rings. The largest absolute Gasteiger partial charge is 0.496 e. The molecule has 1 aliphatic heterocycles. The Morgan fingerprint density at radius 2 is 2.09 bits per heavy atom. The van der Waals surface area contributed by atoms with Gasteiger partial charge in [-0.3, -0.25) is 4.79 Å². The van der Waals surface area contributed by atoms with E-state index in [4.69, 9.17) is 4.74 Å². The summed E-state index contributed by atoms with van der Waals surface area (Å²) < 4.78 is 7.15. The third kappa shape index (κ3) is 2.58. The number of aromatic nitrogens is 3. The number of benzene rings is 1. The number of amides is 1. The van der Waals surface area contributed by atoms with Gasteiger partial charge in [-0.25, -0.2) is 4.68 Å². The van der Waals surface area contributed by atoms with Gasteiger partial charge < -0.3 is 9.64 Å². The van der Waals surface area contributed by atoms with E-state index in [2.05, 4.69) is 10.3 Å². The number of carbonyl (C=O) groups excluding carboxylic acids is 1. The third-order valence-corrected chi connectivity index (χ3v) is 4.69. The van der Waals surface area contributed by atoms with Crippen molar-refractivity contribution in [1.82, 2.24) is 19.9 Å². The fourth-order valence-electron chi connectivity index (χ4n) is 3.02. The molecule has 0 N–H and O–H groups in total. The van der Waals surface area contributed by atoms with Crippen LogP contribution >= 0.6 is 0 Å². The first-order chi connectivity index (χ1) is 11.2. The van der Waals surface area contributed by atoms with Crippen LogP contribution in [0.15, 0.2) is 24.4 Å². The summed E-state index contributed by atoms with van der Waals surface area (Å²) in [6.45, 7) is 3.33. The predicted molar refractivity (Wildman–Crippen MR) is 84.7 cm³/mol. The summed E-state index contributed by atoms with van der Waals surface area (Å²) in [5.74, 6) is 1.48. The number of aryl methyl sites for hydroxylation is 1. The van der Waals surface area contributed by atoms with E-state index in [1.54, 1.807) is 7.11 Å². The van der Waals surface area contributed by atoms with E-state index >= 15 is 0 Å². The minimum atomic E-state index is 0.0644. The molecule has 0 atom stereocenters. The van der Waals surface area contributed by atoms with Crippen LogP contribution in [-0.2, 0) is 0 Å². The monoisotopic (exact) mass is 312 g/mol. The van der Waals surface area contributed by atoms with E-state index in [-0.39, 0.29) is 11.9 Å². The van der Waals surface area contributed by atoms with Gasteiger partial charge >= 0.3 is 0 Å². The van der Waals surface area contributed by atoms with Crippen molar-refractivity contribution in [2.45, 2.75) is 31.7 Å². The van der Waals surface area contributed by atoms with E-state index in [0.717, 1.165) is 17.0 Å². The Labute approximate surface area is 135 Å². The molecular formula is C17H20N4O2. The van der Waals surface area contributed by atoms with Crippen LogP contribution in [0.1, 0.15) is 46.4 Å². The van der Waals surface area contributed by atoms with Crippen molar-refractivity contribution in [3.05, 3.63) is 41.2 Å². The van der Waals surface area contributed by atoms with Crippen LogP contribution in [0.4, 0.5) is 0 Å². The summed E-state index contributed by atoms with van der Waals surface area (Å²) >= 11 is 0. The molecule has 0 unspecified atom stereocenters. The second-order valence-corrected chi connectivity index (χ2v) is 6.45. The van der Waals surface area contributed by atoms with Gasteiger partial charge in [-0.05, 0) is 43.5 Å². The Morgan fingerprint density at radius 1 is 1.30 bits per heavy atom. The Hall–Kier alpha value is -2.37. The minimum Gasteiger partial charge on any atom is -0.496 e. The highest BCUT2D eigenvalue weighted by Crippen LogP contribution is 2.39. The molecule has 0 spiro atoms. The summed E-state index contributed by atoms with van der Waals surface area (Å²) in [6.07, 6.45) is 4.50. The van der Waals surface area contributed by atoms with Gasteiger partial charge in [0.25, 0.3) is 5.91 Å². The smallest absolute Gasteiger partial charge is 0.254 e. The summed E-state index contributed by atoms with van der Waals surface area (Å²) in [5, 5.41) is 8.45. The number of hydrogen-bond acceptors (Lipinski definition) is 4. The lowest BCUT2D eigenvalue weighted by atomic mass is 10.0. The quantitative estimate of drug-likeness (QED) is 0.868. The van der Waals surface area contributed by atoms with E-state index in [0.29, 0.717) is 24.6 Å². The SMILES string of the molecule is COc1ccc(C(=O)N2CC(n3cc(C4CC4)nn3)C2)cc1C. The van der Waals surface area contributed by atoms with Crippen molar-refractivity contribution < 1.29 is 9.53 Å². The number of rotatable bonds is 4. The minimum absolute atomic E-state index is 0.0644. The lowest BCUT2D eigenvalue weighted by molar-refractivity contribution is 0.0498. The number of methoxy groups -OCH3 is 1. The van der Waals surface area contributed by atoms with Crippen molar-refractivity contribution in [1.29, 1.82) is 0 Å². The van der Waals surface area contributed by atoms with Gasteiger partial charge in [-0.1, -0.05) is 5.21 Å². The number of carbonyl (C=O) groups is 1. The molecular weight excluding hydrogens is 292 g/mol. The number of ether oxygens (including phenoxy) is 1. The van der Waals surface area contributed by atoms with Crippen LogP contribution in [0.2, 0.25) is 0 Å². The van der Waals surface area contributed by atoms with Gasteiger partial charge in [0.1, 0.15) is 5.75 Å². The zero-order chi connectivity index (χ0) is 16.0. The zero-order valence-electron chi connectivity index (χ0n) is 13.4. The van der Waals surface area contributed by atoms with Gasteiger partial charge in [0, 0.05) is 30.8 Å². The summed E-state index contributed by atoms with van der Waals surface area (Å²) in [7, 11) is 1.64. The van der Waals surface area contributed by atoms with Crippen LogP contribution in [0, 0.1) is 6.92 Å². The summed E-state index contributed by atoms with van der Waals surface area (Å²) in [4.78, 5) is 14.4. The van der Waals surface area contributed by atoms with E-state index in [1.807, 2.05) is 40.9 Å². The molecule has 1 saturated carbocycles. The molecule has 0 bridgehead atoms. The van der Waals surface area contributed by atoms with Gasteiger partial charge in [-0.2, -0.15) is 0 Å². The highest BCUT2D eigenvalue weighted by Gasteiger charge is 2.34. The first-order valence-corrected chi connectivity index (χ1v) is 8.01. The standard InChI is InChI=1S/C17H20N4O2/c1-11-7-13(5-6-16(11)23-2)17(22)20-8-14(9-20)21-10-15(18-19-21)12-3-4-12/h5-7,10,12,14H,3-4,8-9H2,1-2H3. The maximum absolute atomic E-state index is 12.5.